The van der Waals surface area contributed by atoms with Crippen LogP contribution in [0.25, 0.3) is 17.3 Å². The number of carbonyl (C=O) groups is 3. The SMILES string of the molecule is Cc1ccc(-c2nc(NC(=O)CSc3cccc(NC(=O)/C(=C/c4ccco4)NC(=O)c4ccccc4)c3)sc2C)cc1. The molecule has 0 saturated carbocycles. The van der Waals surface area contributed by atoms with Gasteiger partial charge in [-0.05, 0) is 56.3 Å². The number of thioether (sulfide) groups is 1. The molecule has 0 aliphatic carbocycles. The maximum atomic E-state index is 13.2. The maximum absolute atomic E-state index is 13.2. The molecule has 2 aromatic heterocycles. The number of aromatic nitrogens is 1. The molecule has 0 spiro atoms. The third-order valence-corrected chi connectivity index (χ3v) is 8.07. The number of anilines is 2. The Kier molecular flexibility index (Phi) is 9.50. The van der Waals surface area contributed by atoms with Gasteiger partial charge >= 0.3 is 0 Å². The molecular formula is C33H28N4O4S2. The lowest BCUT2D eigenvalue weighted by Gasteiger charge is -2.12. The topological polar surface area (TPSA) is 113 Å². The smallest absolute Gasteiger partial charge is 0.272 e. The van der Waals surface area contributed by atoms with Gasteiger partial charge in [0.15, 0.2) is 5.13 Å². The molecular weight excluding hydrogens is 581 g/mol. The van der Waals surface area contributed by atoms with Gasteiger partial charge in [0.25, 0.3) is 11.8 Å². The summed E-state index contributed by atoms with van der Waals surface area (Å²) in [4.78, 5) is 45.1. The predicted molar refractivity (Wildman–Crippen MR) is 172 cm³/mol. The fourth-order valence-corrected chi connectivity index (χ4v) is 5.66. The second kappa shape index (κ2) is 13.8. The van der Waals surface area contributed by atoms with Crippen molar-refractivity contribution >= 4 is 57.7 Å². The minimum absolute atomic E-state index is 0.0185. The summed E-state index contributed by atoms with van der Waals surface area (Å²) in [5.41, 5.74) is 3.98. The molecule has 5 rings (SSSR count). The molecule has 0 unspecified atom stereocenters. The van der Waals surface area contributed by atoms with E-state index >= 15 is 0 Å². The van der Waals surface area contributed by atoms with Crippen LogP contribution < -0.4 is 16.0 Å². The molecule has 0 radical (unpaired) electrons. The van der Waals surface area contributed by atoms with Gasteiger partial charge in [0.05, 0.1) is 17.7 Å². The van der Waals surface area contributed by atoms with Gasteiger partial charge in [0.1, 0.15) is 11.5 Å². The maximum Gasteiger partial charge on any atom is 0.272 e. The largest absolute Gasteiger partial charge is 0.465 e. The van der Waals surface area contributed by atoms with E-state index in [9.17, 15) is 14.4 Å². The van der Waals surface area contributed by atoms with Crippen LogP contribution in [-0.4, -0.2) is 28.5 Å². The van der Waals surface area contributed by atoms with Gasteiger partial charge in [-0.2, -0.15) is 0 Å². The van der Waals surface area contributed by atoms with Crippen molar-refractivity contribution in [2.24, 2.45) is 0 Å². The molecule has 0 fully saturated rings. The van der Waals surface area contributed by atoms with Crippen LogP contribution in [-0.2, 0) is 9.59 Å². The van der Waals surface area contributed by atoms with Crippen LogP contribution in [0.2, 0.25) is 0 Å². The Labute approximate surface area is 257 Å². The molecule has 8 nitrogen and oxygen atoms in total. The normalized spacial score (nSPS) is 11.2. The third-order valence-electron chi connectivity index (χ3n) is 6.19. The highest BCUT2D eigenvalue weighted by atomic mass is 32.2. The Balaban J connectivity index is 1.21. The highest BCUT2D eigenvalue weighted by molar-refractivity contribution is 8.00. The van der Waals surface area contributed by atoms with Crippen molar-refractivity contribution in [2.75, 3.05) is 16.4 Å². The first-order valence-electron chi connectivity index (χ1n) is 13.3. The zero-order valence-electron chi connectivity index (χ0n) is 23.4. The van der Waals surface area contributed by atoms with Crippen molar-refractivity contribution in [3.05, 3.63) is 125 Å². The van der Waals surface area contributed by atoms with Crippen LogP contribution in [0.1, 0.15) is 26.6 Å². The van der Waals surface area contributed by atoms with Gasteiger partial charge in [-0.3, -0.25) is 14.4 Å². The Morgan fingerprint density at radius 2 is 1.70 bits per heavy atom. The van der Waals surface area contributed by atoms with E-state index in [1.165, 1.54) is 41.0 Å². The highest BCUT2D eigenvalue weighted by Gasteiger charge is 2.17. The second-order valence-corrected chi connectivity index (χ2v) is 11.8. The zero-order valence-corrected chi connectivity index (χ0v) is 25.1. The van der Waals surface area contributed by atoms with Gasteiger partial charge in [0, 0.05) is 32.7 Å². The van der Waals surface area contributed by atoms with E-state index in [1.54, 1.807) is 60.7 Å². The Hall–Kier alpha value is -4.93. The van der Waals surface area contributed by atoms with Gasteiger partial charge in [-0.1, -0.05) is 54.1 Å². The molecule has 0 saturated heterocycles. The molecule has 0 atom stereocenters. The van der Waals surface area contributed by atoms with E-state index < -0.39 is 11.8 Å². The van der Waals surface area contributed by atoms with E-state index in [4.69, 9.17) is 4.42 Å². The summed E-state index contributed by atoms with van der Waals surface area (Å²) in [6.45, 7) is 4.02. The van der Waals surface area contributed by atoms with Crippen molar-refractivity contribution in [3.63, 3.8) is 0 Å². The molecule has 0 aliphatic heterocycles. The summed E-state index contributed by atoms with van der Waals surface area (Å²) >= 11 is 2.77. The number of amides is 3. The number of aryl methyl sites for hydroxylation is 2. The summed E-state index contributed by atoms with van der Waals surface area (Å²) in [6.07, 6.45) is 2.94. The number of carbonyl (C=O) groups excluding carboxylic acids is 3. The van der Waals surface area contributed by atoms with Crippen LogP contribution in [0.15, 0.2) is 112 Å². The number of benzene rings is 3. The average Bonchev–Trinajstić information content (AvgIpc) is 3.66. The van der Waals surface area contributed by atoms with Gasteiger partial charge in [-0.15, -0.1) is 23.1 Å². The Morgan fingerprint density at radius 3 is 2.44 bits per heavy atom. The van der Waals surface area contributed by atoms with E-state index in [1.807, 2.05) is 44.2 Å². The summed E-state index contributed by atoms with van der Waals surface area (Å²) in [5.74, 6) is -0.562. The Morgan fingerprint density at radius 1 is 0.907 bits per heavy atom. The second-order valence-electron chi connectivity index (χ2n) is 9.50. The highest BCUT2D eigenvalue weighted by Crippen LogP contribution is 2.31. The van der Waals surface area contributed by atoms with Crippen LogP contribution in [0.3, 0.4) is 0 Å². The number of thiazole rings is 1. The van der Waals surface area contributed by atoms with Crippen molar-refractivity contribution in [3.8, 4) is 11.3 Å². The standard InChI is InChI=1S/C33H28N4O4S2/c1-21-13-15-23(16-14-21)30-22(2)43-33(37-30)36-29(38)20-42-27-12-6-10-25(18-27)34-32(40)28(19-26-11-7-17-41-26)35-31(39)24-8-4-3-5-9-24/h3-19H,20H2,1-2H3,(H,34,40)(H,35,39)(H,36,37,38)/b28-19-. The van der Waals surface area contributed by atoms with Crippen molar-refractivity contribution in [1.29, 1.82) is 0 Å². The first kappa shape index (κ1) is 29.6. The lowest BCUT2D eigenvalue weighted by Crippen LogP contribution is -2.30. The molecule has 0 bridgehead atoms. The zero-order chi connectivity index (χ0) is 30.2. The summed E-state index contributed by atoms with van der Waals surface area (Å²) in [5, 5.41) is 8.94. The van der Waals surface area contributed by atoms with Gasteiger partial charge < -0.3 is 20.4 Å². The lowest BCUT2D eigenvalue weighted by atomic mass is 10.1. The first-order valence-corrected chi connectivity index (χ1v) is 15.1. The number of furan rings is 1. The third kappa shape index (κ3) is 8.09. The minimum Gasteiger partial charge on any atom is -0.465 e. The van der Waals surface area contributed by atoms with E-state index in [-0.39, 0.29) is 17.4 Å². The molecule has 216 valence electrons. The molecule has 2 heterocycles. The summed E-state index contributed by atoms with van der Waals surface area (Å²) in [7, 11) is 0. The van der Waals surface area contributed by atoms with Crippen LogP contribution in [0.5, 0.6) is 0 Å². The van der Waals surface area contributed by atoms with Crippen LogP contribution >= 0.6 is 23.1 Å². The monoisotopic (exact) mass is 608 g/mol. The summed E-state index contributed by atoms with van der Waals surface area (Å²) < 4.78 is 5.35. The first-order chi connectivity index (χ1) is 20.8. The number of rotatable bonds is 10. The average molecular weight is 609 g/mol. The number of hydrogen-bond acceptors (Lipinski definition) is 7. The van der Waals surface area contributed by atoms with Crippen molar-refractivity contribution in [2.45, 2.75) is 18.7 Å². The summed E-state index contributed by atoms with van der Waals surface area (Å²) in [6, 6.07) is 27.3. The number of hydrogen-bond donors (Lipinski definition) is 3. The molecule has 0 aliphatic rings. The Bertz CT molecular complexity index is 1760. The quantitative estimate of drug-likeness (QED) is 0.115. The van der Waals surface area contributed by atoms with Gasteiger partial charge in [0.2, 0.25) is 5.91 Å². The molecule has 43 heavy (non-hydrogen) atoms. The van der Waals surface area contributed by atoms with E-state index in [2.05, 4.69) is 20.9 Å². The molecule has 3 amide bonds. The molecule has 3 aromatic carbocycles. The van der Waals surface area contributed by atoms with Crippen LogP contribution in [0, 0.1) is 13.8 Å². The fourth-order valence-electron chi connectivity index (χ4n) is 4.05. The van der Waals surface area contributed by atoms with Crippen molar-refractivity contribution < 1.29 is 18.8 Å². The van der Waals surface area contributed by atoms with E-state index in [0.717, 1.165) is 21.0 Å². The lowest BCUT2D eigenvalue weighted by molar-refractivity contribution is -0.114. The molecule has 10 heteroatoms. The number of nitrogens with one attached hydrogen (secondary N) is 3. The fraction of sp³-hybridized carbons (Fsp3) is 0.0909. The number of nitrogens with zero attached hydrogens (tertiary/aromatic N) is 1. The molecule has 5 aromatic rings. The van der Waals surface area contributed by atoms with Crippen LogP contribution in [0.4, 0.5) is 10.8 Å². The van der Waals surface area contributed by atoms with E-state index in [0.29, 0.717) is 22.1 Å². The van der Waals surface area contributed by atoms with Gasteiger partial charge in [-0.25, -0.2) is 4.98 Å². The predicted octanol–water partition coefficient (Wildman–Crippen LogP) is 7.16. The minimum atomic E-state index is -0.524. The van der Waals surface area contributed by atoms with Crippen molar-refractivity contribution in [1.82, 2.24) is 10.3 Å². The molecule has 3 N–H and O–H groups in total.